The van der Waals surface area contributed by atoms with Crippen LogP contribution in [-0.4, -0.2) is 62.2 Å². The summed E-state index contributed by atoms with van der Waals surface area (Å²) in [6, 6.07) is -1.45. The van der Waals surface area contributed by atoms with Crippen LogP contribution in [-0.2, 0) is 11.2 Å². The summed E-state index contributed by atoms with van der Waals surface area (Å²) in [5.74, 6) is -2.70. The minimum atomic E-state index is -4.56. The maximum absolute atomic E-state index is 13.5. The Morgan fingerprint density at radius 3 is 2.60 bits per heavy atom. The molecule has 3 atom stereocenters. The van der Waals surface area contributed by atoms with Crippen LogP contribution in [0.25, 0.3) is 5.65 Å². The number of alkyl halides is 6. The molecule has 3 aromatic rings. The van der Waals surface area contributed by atoms with Crippen molar-refractivity contribution < 1.29 is 45.3 Å². The van der Waals surface area contributed by atoms with E-state index in [4.69, 9.17) is 4.74 Å². The number of nitrogens with one attached hydrogen (secondary N) is 2. The topological polar surface area (TPSA) is 137 Å². The van der Waals surface area contributed by atoms with Crippen molar-refractivity contribution in [2.75, 3.05) is 7.11 Å². The van der Waals surface area contributed by atoms with Gasteiger partial charge in [0, 0.05) is 5.92 Å². The molecule has 218 valence electrons. The van der Waals surface area contributed by atoms with E-state index in [-0.39, 0.29) is 42.2 Å². The third-order valence-electron chi connectivity index (χ3n) is 6.83. The fraction of sp³-hybridized carbons (Fsp3) is 0.565. The van der Waals surface area contributed by atoms with Gasteiger partial charge in [0.15, 0.2) is 5.65 Å². The van der Waals surface area contributed by atoms with Gasteiger partial charge in [-0.3, -0.25) is 9.59 Å². The number of aromatic nitrogens is 5. The Kier molecular flexibility index (Phi) is 7.68. The Labute approximate surface area is 222 Å². The van der Waals surface area contributed by atoms with Crippen LogP contribution in [0.15, 0.2) is 23.1 Å². The summed E-state index contributed by atoms with van der Waals surface area (Å²) in [6.07, 6.45) is -7.29. The summed E-state index contributed by atoms with van der Waals surface area (Å²) < 4.78 is 90.3. The van der Waals surface area contributed by atoms with Gasteiger partial charge in [0.05, 0.1) is 36.7 Å². The SMILES string of the molecule is COc1nonc1C(=O)N[C@@H](CCC(C)(C)C(F)(F)F)c1cn2ncc(C[C@@H]3C[C@@H](C(F)(F)F)NC3=O)cc2n1. The van der Waals surface area contributed by atoms with E-state index in [9.17, 15) is 35.9 Å². The molecule has 17 heteroatoms. The Balaban J connectivity index is 1.58. The summed E-state index contributed by atoms with van der Waals surface area (Å²) in [5, 5.41) is 15.6. The van der Waals surface area contributed by atoms with E-state index in [0.717, 1.165) is 13.8 Å². The van der Waals surface area contributed by atoms with Crippen LogP contribution in [0.5, 0.6) is 5.88 Å². The first kappa shape index (κ1) is 29.1. The highest BCUT2D eigenvalue weighted by Crippen LogP contribution is 2.42. The van der Waals surface area contributed by atoms with Gasteiger partial charge >= 0.3 is 12.4 Å². The lowest BCUT2D eigenvalue weighted by molar-refractivity contribution is -0.214. The molecule has 3 aromatic heterocycles. The molecule has 0 aromatic carbocycles. The zero-order chi connectivity index (χ0) is 29.5. The minimum absolute atomic E-state index is 0.0248. The van der Waals surface area contributed by atoms with Crippen molar-refractivity contribution in [1.29, 1.82) is 0 Å². The molecule has 40 heavy (non-hydrogen) atoms. The van der Waals surface area contributed by atoms with E-state index in [1.54, 1.807) is 0 Å². The number of rotatable bonds is 9. The van der Waals surface area contributed by atoms with Gasteiger partial charge in [-0.25, -0.2) is 14.1 Å². The standard InChI is InChI=1S/C23H25F6N7O4/c1-21(2,23(27,28)29)5-4-13(32-19(38)17-20(39-3)35-40-34-17)14-10-36-16(31-14)7-11(9-30-36)6-12-8-15(22(24,25)26)33-18(12)37/h7,9-10,12-13,15H,4-6,8H2,1-3H3,(H,32,38)(H,33,37)/t12-,13+,15+/m1/s1. The third-order valence-corrected chi connectivity index (χ3v) is 6.83. The fourth-order valence-electron chi connectivity index (χ4n) is 4.25. The van der Waals surface area contributed by atoms with Crippen LogP contribution >= 0.6 is 0 Å². The Morgan fingerprint density at radius 2 is 1.98 bits per heavy atom. The lowest BCUT2D eigenvalue weighted by Gasteiger charge is -2.29. The molecule has 0 spiro atoms. The number of methoxy groups -OCH3 is 1. The normalized spacial score (nSPS) is 19.1. The minimum Gasteiger partial charge on any atom is -0.477 e. The summed E-state index contributed by atoms with van der Waals surface area (Å²) in [4.78, 5) is 29.3. The molecule has 2 amide bonds. The molecule has 0 bridgehead atoms. The van der Waals surface area contributed by atoms with Crippen molar-refractivity contribution in [1.82, 2.24) is 35.5 Å². The number of hydrogen-bond acceptors (Lipinski definition) is 8. The van der Waals surface area contributed by atoms with E-state index in [0.29, 0.717) is 5.56 Å². The molecule has 1 aliphatic rings. The first-order chi connectivity index (χ1) is 18.6. The summed E-state index contributed by atoms with van der Waals surface area (Å²) in [7, 11) is 1.23. The van der Waals surface area contributed by atoms with Crippen molar-refractivity contribution >= 4 is 17.5 Å². The molecule has 0 saturated carbocycles. The number of carbonyl (C=O) groups is 2. The van der Waals surface area contributed by atoms with Crippen LogP contribution in [0.2, 0.25) is 0 Å². The largest absolute Gasteiger partial charge is 0.477 e. The quantitative estimate of drug-likeness (QED) is 0.369. The average Bonchev–Trinajstić information content (AvgIpc) is 3.58. The van der Waals surface area contributed by atoms with Gasteiger partial charge < -0.3 is 15.4 Å². The molecule has 4 heterocycles. The lowest BCUT2D eigenvalue weighted by Crippen LogP contribution is -2.38. The number of halogens is 6. The molecule has 1 aliphatic heterocycles. The van der Waals surface area contributed by atoms with E-state index in [1.165, 1.54) is 30.1 Å². The number of carbonyl (C=O) groups excluding carboxylic acids is 2. The second-order valence-corrected chi connectivity index (χ2v) is 10.1. The predicted molar refractivity (Wildman–Crippen MR) is 123 cm³/mol. The van der Waals surface area contributed by atoms with Gasteiger partial charge in [0.2, 0.25) is 11.6 Å². The third kappa shape index (κ3) is 6.12. The zero-order valence-corrected chi connectivity index (χ0v) is 21.4. The lowest BCUT2D eigenvalue weighted by atomic mass is 9.85. The molecule has 0 aliphatic carbocycles. The second kappa shape index (κ2) is 10.6. The second-order valence-electron chi connectivity index (χ2n) is 10.1. The van der Waals surface area contributed by atoms with E-state index in [1.807, 2.05) is 5.32 Å². The number of amides is 2. The number of fused-ring (bicyclic) bond motifs is 1. The van der Waals surface area contributed by atoms with E-state index < -0.39 is 54.0 Å². The highest BCUT2D eigenvalue weighted by molar-refractivity contribution is 5.94. The molecule has 1 fully saturated rings. The van der Waals surface area contributed by atoms with Crippen LogP contribution < -0.4 is 15.4 Å². The van der Waals surface area contributed by atoms with Crippen molar-refractivity contribution in [2.24, 2.45) is 11.3 Å². The summed E-state index contributed by atoms with van der Waals surface area (Å²) in [5.41, 5.74) is -1.58. The number of ether oxygens (including phenoxy) is 1. The molecule has 11 nitrogen and oxygen atoms in total. The zero-order valence-electron chi connectivity index (χ0n) is 21.4. The molecule has 4 rings (SSSR count). The molecule has 2 N–H and O–H groups in total. The van der Waals surface area contributed by atoms with Crippen molar-refractivity contribution in [3.8, 4) is 5.88 Å². The van der Waals surface area contributed by atoms with Crippen LogP contribution in [0.4, 0.5) is 26.3 Å². The Hall–Kier alpha value is -3.92. The van der Waals surface area contributed by atoms with Gasteiger partial charge in [0.25, 0.3) is 11.8 Å². The summed E-state index contributed by atoms with van der Waals surface area (Å²) in [6.45, 7) is 2.08. The first-order valence-corrected chi connectivity index (χ1v) is 12.0. The molecule has 0 unspecified atom stereocenters. The molecule has 1 saturated heterocycles. The number of hydrogen-bond donors (Lipinski definition) is 2. The first-order valence-electron chi connectivity index (χ1n) is 12.0. The van der Waals surface area contributed by atoms with Gasteiger partial charge in [0.1, 0.15) is 6.04 Å². The molecule has 0 radical (unpaired) electrons. The maximum Gasteiger partial charge on any atom is 0.408 e. The fourth-order valence-corrected chi connectivity index (χ4v) is 4.25. The molecular formula is C23H25F6N7O4. The molecular weight excluding hydrogens is 552 g/mol. The number of nitrogens with zero attached hydrogens (tertiary/aromatic N) is 5. The van der Waals surface area contributed by atoms with Gasteiger partial charge in [-0.1, -0.05) is 13.8 Å². The van der Waals surface area contributed by atoms with E-state index in [2.05, 4.69) is 30.3 Å². The van der Waals surface area contributed by atoms with Gasteiger partial charge in [-0.15, -0.1) is 0 Å². The van der Waals surface area contributed by atoms with Crippen LogP contribution in [0.1, 0.15) is 60.9 Å². The Morgan fingerprint density at radius 1 is 1.25 bits per heavy atom. The summed E-state index contributed by atoms with van der Waals surface area (Å²) >= 11 is 0. The maximum atomic E-state index is 13.5. The van der Waals surface area contributed by atoms with Crippen LogP contribution in [0, 0.1) is 11.3 Å². The predicted octanol–water partition coefficient (Wildman–Crippen LogP) is 3.57. The average molecular weight is 577 g/mol. The smallest absolute Gasteiger partial charge is 0.408 e. The van der Waals surface area contributed by atoms with Crippen molar-refractivity contribution in [2.45, 2.75) is 64.0 Å². The highest BCUT2D eigenvalue weighted by Gasteiger charge is 2.48. The highest BCUT2D eigenvalue weighted by atomic mass is 19.4. The van der Waals surface area contributed by atoms with Crippen molar-refractivity contribution in [3.63, 3.8) is 0 Å². The number of imidazole rings is 1. The Bertz CT molecular complexity index is 1380. The van der Waals surface area contributed by atoms with E-state index >= 15 is 0 Å². The van der Waals surface area contributed by atoms with Crippen molar-refractivity contribution in [3.05, 3.63) is 35.4 Å². The van der Waals surface area contributed by atoms with Crippen LogP contribution in [0.3, 0.4) is 0 Å². The monoisotopic (exact) mass is 577 g/mol. The van der Waals surface area contributed by atoms with Gasteiger partial charge in [-0.2, -0.15) is 31.4 Å². The van der Waals surface area contributed by atoms with Gasteiger partial charge in [-0.05, 0) is 47.6 Å².